The van der Waals surface area contributed by atoms with E-state index in [1.165, 1.54) is 6.07 Å². The Morgan fingerprint density at radius 1 is 1.39 bits per heavy atom. The van der Waals surface area contributed by atoms with E-state index in [9.17, 15) is 22.4 Å². The number of carboxylic acids is 1. The van der Waals surface area contributed by atoms with Crippen molar-refractivity contribution in [3.05, 3.63) is 35.1 Å². The lowest BCUT2D eigenvalue weighted by Crippen LogP contribution is -2.17. The molecule has 1 rings (SSSR count). The smallest absolute Gasteiger partial charge is 0.419 e. The molecule has 1 aromatic carbocycles. The van der Waals surface area contributed by atoms with E-state index in [4.69, 9.17) is 5.11 Å². The molecule has 1 atom stereocenters. The molecular weight excluding hydrogens is 252 g/mol. The highest BCUT2D eigenvalue weighted by Gasteiger charge is 2.35. The van der Waals surface area contributed by atoms with Crippen LogP contribution in [0.1, 0.15) is 24.5 Å². The predicted molar refractivity (Wildman–Crippen MR) is 56.5 cm³/mol. The Balaban J connectivity index is 3.08. The molecule has 1 aromatic rings. The van der Waals surface area contributed by atoms with Crippen molar-refractivity contribution in [1.82, 2.24) is 0 Å². The molecule has 0 saturated carbocycles. The standard InChI is InChI=1S/C12H12F4O2/c1-2-7(11(17)18)6-8-4-3-5-9(10(8)13)12(14,15)16/h3-5,7H,2,6H2,1H3,(H,17,18). The average molecular weight is 264 g/mol. The van der Waals surface area contributed by atoms with Crippen LogP contribution < -0.4 is 0 Å². The van der Waals surface area contributed by atoms with E-state index < -0.39 is 29.4 Å². The number of benzene rings is 1. The molecule has 0 saturated heterocycles. The summed E-state index contributed by atoms with van der Waals surface area (Å²) in [7, 11) is 0. The topological polar surface area (TPSA) is 37.3 Å². The van der Waals surface area contributed by atoms with Crippen LogP contribution in [0.3, 0.4) is 0 Å². The lowest BCUT2D eigenvalue weighted by atomic mass is 9.95. The predicted octanol–water partition coefficient (Wildman–Crippen LogP) is 3.50. The van der Waals surface area contributed by atoms with Gasteiger partial charge in [-0.25, -0.2) is 4.39 Å². The van der Waals surface area contributed by atoms with Gasteiger partial charge in [0.25, 0.3) is 0 Å². The molecule has 1 unspecified atom stereocenters. The van der Waals surface area contributed by atoms with Crippen molar-refractivity contribution in [2.24, 2.45) is 5.92 Å². The summed E-state index contributed by atoms with van der Waals surface area (Å²) in [6.07, 6.45) is -4.79. The summed E-state index contributed by atoms with van der Waals surface area (Å²) in [6, 6.07) is 2.90. The Bertz CT molecular complexity index is 440. The zero-order chi connectivity index (χ0) is 13.9. The van der Waals surface area contributed by atoms with Crippen LogP contribution in [0.25, 0.3) is 0 Å². The molecule has 0 bridgehead atoms. The highest BCUT2D eigenvalue weighted by molar-refractivity contribution is 5.70. The third-order valence-electron chi connectivity index (χ3n) is 2.69. The lowest BCUT2D eigenvalue weighted by molar-refractivity contribution is -0.141. The number of aliphatic carboxylic acids is 1. The number of rotatable bonds is 4. The SMILES string of the molecule is CCC(Cc1cccc(C(F)(F)F)c1F)C(=O)O. The first-order valence-corrected chi connectivity index (χ1v) is 5.34. The molecule has 0 radical (unpaired) electrons. The van der Waals surface area contributed by atoms with Gasteiger partial charge in [0.2, 0.25) is 0 Å². The molecule has 0 aliphatic heterocycles. The number of carboxylic acid groups (broad SMARTS) is 1. The van der Waals surface area contributed by atoms with E-state index in [2.05, 4.69) is 0 Å². The third-order valence-corrected chi connectivity index (χ3v) is 2.69. The fourth-order valence-corrected chi connectivity index (χ4v) is 1.63. The van der Waals surface area contributed by atoms with Crippen molar-refractivity contribution in [3.63, 3.8) is 0 Å². The molecule has 1 N–H and O–H groups in total. The van der Waals surface area contributed by atoms with Gasteiger partial charge < -0.3 is 5.11 Å². The molecule has 0 heterocycles. The van der Waals surface area contributed by atoms with Crippen LogP contribution in [0, 0.1) is 11.7 Å². The Kier molecular flexibility index (Phi) is 4.32. The third kappa shape index (κ3) is 3.21. The summed E-state index contributed by atoms with van der Waals surface area (Å²) in [5, 5.41) is 8.81. The van der Waals surface area contributed by atoms with Crippen molar-refractivity contribution < 1.29 is 27.5 Å². The van der Waals surface area contributed by atoms with Crippen LogP contribution >= 0.6 is 0 Å². The zero-order valence-electron chi connectivity index (χ0n) is 9.59. The zero-order valence-corrected chi connectivity index (χ0v) is 9.59. The van der Waals surface area contributed by atoms with E-state index in [1.807, 2.05) is 0 Å². The number of hydrogen-bond acceptors (Lipinski definition) is 1. The Hall–Kier alpha value is -1.59. The minimum atomic E-state index is -4.77. The van der Waals surface area contributed by atoms with E-state index in [1.54, 1.807) is 6.92 Å². The van der Waals surface area contributed by atoms with Crippen LogP contribution in [0.2, 0.25) is 0 Å². The van der Waals surface area contributed by atoms with Gasteiger partial charge >= 0.3 is 12.1 Å². The van der Waals surface area contributed by atoms with Gasteiger partial charge in [-0.2, -0.15) is 13.2 Å². The molecule has 0 aliphatic rings. The molecule has 100 valence electrons. The lowest BCUT2D eigenvalue weighted by Gasteiger charge is -2.14. The van der Waals surface area contributed by atoms with Crippen LogP contribution in [0.15, 0.2) is 18.2 Å². The average Bonchev–Trinajstić information content (AvgIpc) is 2.25. The van der Waals surface area contributed by atoms with Crippen molar-refractivity contribution in [1.29, 1.82) is 0 Å². The van der Waals surface area contributed by atoms with Crippen LogP contribution in [0.5, 0.6) is 0 Å². The largest absolute Gasteiger partial charge is 0.481 e. The van der Waals surface area contributed by atoms with Gasteiger partial charge in [0.15, 0.2) is 0 Å². The molecule has 6 heteroatoms. The van der Waals surface area contributed by atoms with E-state index in [-0.39, 0.29) is 18.4 Å². The molecule has 0 aromatic heterocycles. The fraction of sp³-hybridized carbons (Fsp3) is 0.417. The molecule has 0 aliphatic carbocycles. The van der Waals surface area contributed by atoms with Gasteiger partial charge in [0.05, 0.1) is 11.5 Å². The van der Waals surface area contributed by atoms with Gasteiger partial charge in [-0.3, -0.25) is 4.79 Å². The summed E-state index contributed by atoms with van der Waals surface area (Å²) in [5.41, 5.74) is -1.58. The monoisotopic (exact) mass is 264 g/mol. The Morgan fingerprint density at radius 2 is 2.00 bits per heavy atom. The van der Waals surface area contributed by atoms with Gasteiger partial charge in [-0.15, -0.1) is 0 Å². The summed E-state index contributed by atoms with van der Waals surface area (Å²) >= 11 is 0. The fourth-order valence-electron chi connectivity index (χ4n) is 1.63. The van der Waals surface area contributed by atoms with Gasteiger partial charge in [-0.1, -0.05) is 19.1 Å². The van der Waals surface area contributed by atoms with E-state index >= 15 is 0 Å². The summed E-state index contributed by atoms with van der Waals surface area (Å²) in [6.45, 7) is 1.59. The van der Waals surface area contributed by atoms with Crippen LogP contribution in [-0.2, 0) is 17.4 Å². The molecule has 18 heavy (non-hydrogen) atoms. The Morgan fingerprint density at radius 3 is 2.44 bits per heavy atom. The summed E-state index contributed by atoms with van der Waals surface area (Å²) in [5.74, 6) is -3.41. The minimum absolute atomic E-state index is 0.223. The van der Waals surface area contributed by atoms with E-state index in [0.717, 1.165) is 6.07 Å². The van der Waals surface area contributed by atoms with Gasteiger partial charge in [0, 0.05) is 0 Å². The van der Waals surface area contributed by atoms with Crippen molar-refractivity contribution >= 4 is 5.97 Å². The maximum Gasteiger partial charge on any atom is 0.419 e. The quantitative estimate of drug-likeness (QED) is 0.845. The summed E-state index contributed by atoms with van der Waals surface area (Å²) < 4.78 is 51.0. The first kappa shape index (κ1) is 14.5. The maximum atomic E-state index is 13.6. The highest BCUT2D eigenvalue weighted by Crippen LogP contribution is 2.33. The van der Waals surface area contributed by atoms with Gasteiger partial charge in [-0.05, 0) is 24.5 Å². The number of halogens is 4. The molecular formula is C12H12F4O2. The molecule has 2 nitrogen and oxygen atoms in total. The normalized spacial score (nSPS) is 13.4. The van der Waals surface area contributed by atoms with Crippen LogP contribution in [-0.4, -0.2) is 11.1 Å². The van der Waals surface area contributed by atoms with Crippen molar-refractivity contribution in [2.45, 2.75) is 25.9 Å². The van der Waals surface area contributed by atoms with Crippen LogP contribution in [0.4, 0.5) is 17.6 Å². The summed E-state index contributed by atoms with van der Waals surface area (Å²) in [4.78, 5) is 10.8. The second-order valence-electron chi connectivity index (χ2n) is 3.92. The van der Waals surface area contributed by atoms with E-state index in [0.29, 0.717) is 6.07 Å². The first-order chi connectivity index (χ1) is 8.27. The Labute approximate surface area is 101 Å². The van der Waals surface area contributed by atoms with Gasteiger partial charge in [0.1, 0.15) is 5.82 Å². The van der Waals surface area contributed by atoms with Crippen molar-refractivity contribution in [3.8, 4) is 0 Å². The highest BCUT2D eigenvalue weighted by atomic mass is 19.4. The van der Waals surface area contributed by atoms with Crippen molar-refractivity contribution in [2.75, 3.05) is 0 Å². The molecule has 0 amide bonds. The first-order valence-electron chi connectivity index (χ1n) is 5.34. The number of hydrogen-bond donors (Lipinski definition) is 1. The number of carbonyl (C=O) groups is 1. The number of alkyl halides is 3. The maximum absolute atomic E-state index is 13.6. The molecule has 0 fully saturated rings. The molecule has 0 spiro atoms. The second kappa shape index (κ2) is 5.37. The minimum Gasteiger partial charge on any atom is -0.481 e. The second-order valence-corrected chi connectivity index (χ2v) is 3.92.